The van der Waals surface area contributed by atoms with Gasteiger partial charge in [0, 0.05) is 98.4 Å². The molecule has 342 valence electrons. The van der Waals surface area contributed by atoms with Gasteiger partial charge in [0.1, 0.15) is 24.4 Å². The minimum absolute atomic E-state index is 0. The molecule has 12 rings (SSSR count). The van der Waals surface area contributed by atoms with Gasteiger partial charge in [-0.2, -0.15) is 0 Å². The molecule has 4 saturated heterocycles. The molecular weight excluding hydrogens is 1180 g/mol. The SMILES string of the molecule is C=C(C)C(=O)O.O=C(O)C12C(=O)OC3C(CCC31)C2Br.O=C(O)C12C(=O)OC3C(CCC31)C2Br.O=C(O)C12C(=O)OC3C(CCC31)C2Br.O=C(O)C12C(=O)OC3C(CCC31)C2Br.[Zr]. The van der Waals surface area contributed by atoms with Crippen molar-refractivity contribution in [3.63, 3.8) is 0 Å². The van der Waals surface area contributed by atoms with Crippen molar-refractivity contribution in [1.29, 1.82) is 0 Å². The fraction of sp³-hybridized carbons (Fsp3) is 0.725. The Kier molecular flexibility index (Phi) is 12.8. The van der Waals surface area contributed by atoms with Gasteiger partial charge in [0.15, 0.2) is 21.7 Å². The Morgan fingerprint density at radius 1 is 0.460 bits per heavy atom. The molecule has 0 aromatic rings. The second kappa shape index (κ2) is 16.5. The van der Waals surface area contributed by atoms with E-state index in [0.717, 1.165) is 51.4 Å². The quantitative estimate of drug-likeness (QED) is 0.0860. The van der Waals surface area contributed by atoms with Crippen LogP contribution in [0.2, 0.25) is 0 Å². The van der Waals surface area contributed by atoms with E-state index in [1.54, 1.807) is 0 Å². The molecule has 12 fully saturated rings. The standard InChI is InChI=1S/4C9H9BrO4.C4H6O2.Zr/c4*10-6-3-1-2-4-5(3)14-8(13)9(4,6)7(11)12;1-3(2)4(5)6;/h4*3-6H,1-2H2,(H,11,12);1H2,2H3,(H,5,6);. The number of hydrogen-bond acceptors (Lipinski definition) is 13. The Morgan fingerprint density at radius 3 is 0.746 bits per heavy atom. The van der Waals surface area contributed by atoms with Crippen LogP contribution >= 0.6 is 63.7 Å². The normalized spacial score (nSPS) is 48.4. The number of carboxylic acids is 5. The minimum Gasteiger partial charge on any atom is -0.480 e. The second-order valence-corrected chi connectivity index (χ2v) is 22.2. The van der Waals surface area contributed by atoms with Crippen molar-refractivity contribution in [3.8, 4) is 0 Å². The van der Waals surface area contributed by atoms with Crippen LogP contribution in [-0.4, -0.2) is 123 Å². The molecule has 23 heteroatoms. The Hall–Kier alpha value is -2.23. The summed E-state index contributed by atoms with van der Waals surface area (Å²) in [5.74, 6) is -6.85. The molecule has 20 unspecified atom stereocenters. The molecule has 20 atom stereocenters. The van der Waals surface area contributed by atoms with Crippen molar-refractivity contribution < 1.29 is 114 Å². The Balaban J connectivity index is 0.000000120. The second-order valence-electron chi connectivity index (χ2n) is 18.3. The first kappa shape index (κ1) is 48.7. The average Bonchev–Trinajstić information content (AvgIpc) is 4.06. The molecule has 16 bridgehead atoms. The number of carbonyl (C=O) groups excluding carboxylic acids is 4. The maximum Gasteiger partial charge on any atom is 0.330 e. The van der Waals surface area contributed by atoms with Gasteiger partial charge in [-0.15, -0.1) is 0 Å². The summed E-state index contributed by atoms with van der Waals surface area (Å²) in [6.07, 6.45) is 6.47. The third-order valence-corrected chi connectivity index (χ3v) is 21.8. The van der Waals surface area contributed by atoms with Crippen molar-refractivity contribution in [3.05, 3.63) is 12.2 Å². The van der Waals surface area contributed by atoms with Crippen molar-refractivity contribution in [2.24, 2.45) is 69.0 Å². The van der Waals surface area contributed by atoms with Crippen molar-refractivity contribution in [1.82, 2.24) is 0 Å². The van der Waals surface area contributed by atoms with Gasteiger partial charge < -0.3 is 44.5 Å². The van der Waals surface area contributed by atoms with Gasteiger partial charge in [-0.3, -0.25) is 38.4 Å². The van der Waals surface area contributed by atoms with Crippen LogP contribution in [0.25, 0.3) is 0 Å². The number of alkyl halides is 4. The summed E-state index contributed by atoms with van der Waals surface area (Å²) in [5.41, 5.74) is -4.96. The van der Waals surface area contributed by atoms with E-state index >= 15 is 0 Å². The molecule has 4 heterocycles. The van der Waals surface area contributed by atoms with E-state index in [9.17, 15) is 63.6 Å². The molecule has 12 aliphatic rings. The van der Waals surface area contributed by atoms with Crippen LogP contribution in [0.4, 0.5) is 0 Å². The van der Waals surface area contributed by atoms with Gasteiger partial charge in [-0.05, 0) is 58.3 Å². The summed E-state index contributed by atoms with van der Waals surface area (Å²) < 4.78 is 20.5. The van der Waals surface area contributed by atoms with Crippen LogP contribution in [-0.2, 0) is 88.3 Å². The third kappa shape index (κ3) is 6.04. The fourth-order valence-electron chi connectivity index (χ4n) is 13.4. The van der Waals surface area contributed by atoms with E-state index < -0.39 is 75.4 Å². The molecule has 5 N–H and O–H groups in total. The Labute approximate surface area is 411 Å². The Morgan fingerprint density at radius 2 is 0.635 bits per heavy atom. The fourth-order valence-corrected chi connectivity index (χ4v) is 18.6. The molecule has 8 saturated carbocycles. The smallest absolute Gasteiger partial charge is 0.330 e. The van der Waals surface area contributed by atoms with Crippen molar-refractivity contribution in [2.75, 3.05) is 0 Å². The molecule has 0 spiro atoms. The van der Waals surface area contributed by atoms with E-state index in [2.05, 4.69) is 70.3 Å². The summed E-state index contributed by atoms with van der Waals surface area (Å²) >= 11 is 13.5. The van der Waals surface area contributed by atoms with Gasteiger partial charge in [0.2, 0.25) is 0 Å². The van der Waals surface area contributed by atoms with Crippen molar-refractivity contribution >= 4 is 117 Å². The van der Waals surface area contributed by atoms with Gasteiger partial charge in [-0.1, -0.05) is 70.3 Å². The number of halogens is 4. The molecule has 0 aromatic carbocycles. The first-order valence-corrected chi connectivity index (χ1v) is 23.9. The van der Waals surface area contributed by atoms with Crippen LogP contribution in [0.15, 0.2) is 12.2 Å². The van der Waals surface area contributed by atoms with Crippen LogP contribution in [0.3, 0.4) is 0 Å². The van der Waals surface area contributed by atoms with Crippen LogP contribution in [0, 0.1) is 69.0 Å². The molecule has 18 nitrogen and oxygen atoms in total. The number of aliphatic carboxylic acids is 5. The van der Waals surface area contributed by atoms with Gasteiger partial charge in [0.25, 0.3) is 0 Å². The predicted molar refractivity (Wildman–Crippen MR) is 218 cm³/mol. The molecule has 0 amide bonds. The first-order chi connectivity index (χ1) is 29.0. The molecule has 4 aliphatic heterocycles. The number of hydrogen-bond donors (Lipinski definition) is 5. The summed E-state index contributed by atoms with van der Waals surface area (Å²) in [6.45, 7) is 4.60. The largest absolute Gasteiger partial charge is 0.480 e. The third-order valence-electron chi connectivity index (χ3n) is 16.2. The van der Waals surface area contributed by atoms with Gasteiger partial charge in [0.05, 0.1) is 0 Å². The molecule has 8 aliphatic carbocycles. The Bertz CT molecular complexity index is 1830. The van der Waals surface area contributed by atoms with E-state index in [-0.39, 0.29) is 123 Å². The van der Waals surface area contributed by atoms with Crippen LogP contribution < -0.4 is 0 Å². The number of carbonyl (C=O) groups is 9. The first-order valence-electron chi connectivity index (χ1n) is 20.3. The molecule has 63 heavy (non-hydrogen) atoms. The van der Waals surface area contributed by atoms with E-state index in [0.29, 0.717) is 0 Å². The number of carboxylic acid groups (broad SMARTS) is 5. The summed E-state index contributed by atoms with van der Waals surface area (Å²) in [7, 11) is 0. The zero-order chi connectivity index (χ0) is 45.5. The summed E-state index contributed by atoms with van der Waals surface area (Å²) in [6, 6.07) is 0. The maximum atomic E-state index is 11.6. The number of rotatable bonds is 5. The van der Waals surface area contributed by atoms with Gasteiger partial charge >= 0.3 is 53.7 Å². The monoisotopic (exact) mass is 1220 g/mol. The zero-order valence-electron chi connectivity index (χ0n) is 33.2. The van der Waals surface area contributed by atoms with Crippen LogP contribution in [0.1, 0.15) is 58.3 Å². The summed E-state index contributed by atoms with van der Waals surface area (Å²) in [4.78, 5) is 100.0. The number of ether oxygens (including phenoxy) is 4. The summed E-state index contributed by atoms with van der Waals surface area (Å²) in [5, 5.41) is 44.8. The minimum atomic E-state index is -1.28. The molecule has 0 radical (unpaired) electrons. The van der Waals surface area contributed by atoms with E-state index in [4.69, 9.17) is 24.1 Å². The number of esters is 4. The van der Waals surface area contributed by atoms with Crippen LogP contribution in [0.5, 0.6) is 0 Å². The van der Waals surface area contributed by atoms with E-state index in [1.165, 1.54) is 6.92 Å². The predicted octanol–water partition coefficient (Wildman–Crippen LogP) is 3.79. The maximum absolute atomic E-state index is 11.6. The topological polar surface area (TPSA) is 292 Å². The average molecular weight is 1220 g/mol. The van der Waals surface area contributed by atoms with Crippen molar-refractivity contribution in [2.45, 2.75) is 102 Å². The molecular formula is C40H42Br4O18Zr. The zero-order valence-corrected chi connectivity index (χ0v) is 42.0. The van der Waals surface area contributed by atoms with Gasteiger partial charge in [-0.25, -0.2) is 4.79 Å². The molecule has 0 aromatic heterocycles. The van der Waals surface area contributed by atoms with E-state index in [1.807, 2.05) is 0 Å².